The summed E-state index contributed by atoms with van der Waals surface area (Å²) in [5.41, 5.74) is 5.05. The number of hydrogen-bond donors (Lipinski definition) is 0. The van der Waals surface area contributed by atoms with E-state index in [1.54, 1.807) is 0 Å². The van der Waals surface area contributed by atoms with Crippen LogP contribution in [-0.4, -0.2) is 49.4 Å². The molecule has 192 valence electrons. The van der Waals surface area contributed by atoms with Gasteiger partial charge in [-0.3, -0.25) is 0 Å². The van der Waals surface area contributed by atoms with Crippen LogP contribution in [0.4, 0.5) is 5.69 Å². The van der Waals surface area contributed by atoms with Gasteiger partial charge in [0, 0.05) is 74.0 Å². The Hall–Kier alpha value is -2.28. The summed E-state index contributed by atoms with van der Waals surface area (Å²) in [6.07, 6.45) is 12.2. The Bertz CT molecular complexity index is 1150. The van der Waals surface area contributed by atoms with Crippen molar-refractivity contribution in [3.05, 3.63) is 88.1 Å². The quantitative estimate of drug-likeness (QED) is 0.210. The standard InChI is InChI=1S/C28H31ClN3O2.C2H2.U/c1-21-6-7-23(19-33)18-27(21)31(2)16-17-32-14-12-24(13-15-32)26-4-3-5-28(30-26)34-20-22-8-10-25(29)11-9-22;1-2;/h3-11,18,24H,12-17,20H2,1-2H3;1-2H;/q-1;;. The molecule has 2 heterocycles. The van der Waals surface area contributed by atoms with Gasteiger partial charge in [0.1, 0.15) is 6.61 Å². The van der Waals surface area contributed by atoms with E-state index in [0.29, 0.717) is 24.0 Å². The number of hydrogen-bond acceptors (Lipinski definition) is 5. The van der Waals surface area contributed by atoms with Crippen molar-refractivity contribution in [2.75, 3.05) is 38.1 Å². The Morgan fingerprint density at radius 3 is 2.49 bits per heavy atom. The molecule has 0 bridgehead atoms. The first-order chi connectivity index (χ1) is 17.5. The van der Waals surface area contributed by atoms with Gasteiger partial charge in [-0.1, -0.05) is 35.4 Å². The number of pyridine rings is 1. The van der Waals surface area contributed by atoms with Crippen LogP contribution in [0.5, 0.6) is 5.88 Å². The maximum absolute atomic E-state index is 11.0. The van der Waals surface area contributed by atoms with E-state index in [4.69, 9.17) is 21.3 Å². The van der Waals surface area contributed by atoms with Crippen LogP contribution in [0.3, 0.4) is 0 Å². The molecule has 1 fully saturated rings. The zero-order valence-corrected chi connectivity index (χ0v) is 26.4. The second-order valence-corrected chi connectivity index (χ2v) is 9.39. The molecule has 1 aliphatic heterocycles. The van der Waals surface area contributed by atoms with Gasteiger partial charge in [-0.15, -0.1) is 30.5 Å². The molecule has 0 amide bonds. The number of carbonyl (C=O) groups excluding carboxylic acids is 1. The van der Waals surface area contributed by atoms with E-state index in [1.165, 1.54) is 5.56 Å². The third kappa shape index (κ3) is 9.20. The number of likely N-dealkylation sites (tertiary alicyclic amines) is 1. The molecule has 0 spiro atoms. The molecule has 0 atom stereocenters. The molecule has 0 aliphatic carbocycles. The predicted octanol–water partition coefficient (Wildman–Crippen LogP) is 5.65. The van der Waals surface area contributed by atoms with E-state index in [-0.39, 0.29) is 31.1 Å². The van der Waals surface area contributed by atoms with Crippen LogP contribution in [0.25, 0.3) is 0 Å². The van der Waals surface area contributed by atoms with Gasteiger partial charge in [-0.25, -0.2) is 4.98 Å². The molecule has 0 unspecified atom stereocenters. The van der Waals surface area contributed by atoms with Crippen LogP contribution >= 0.6 is 11.6 Å². The molecule has 1 saturated heterocycles. The minimum Gasteiger partial charge on any atom is -0.473 e. The van der Waals surface area contributed by atoms with Gasteiger partial charge in [0.05, 0.1) is 6.29 Å². The first-order valence-corrected chi connectivity index (χ1v) is 12.5. The van der Waals surface area contributed by atoms with Crippen molar-refractivity contribution in [1.82, 2.24) is 9.88 Å². The van der Waals surface area contributed by atoms with Gasteiger partial charge in [-0.2, -0.15) is 6.07 Å². The van der Waals surface area contributed by atoms with Crippen LogP contribution in [0.2, 0.25) is 5.02 Å². The van der Waals surface area contributed by atoms with E-state index in [9.17, 15) is 4.79 Å². The fraction of sp³-hybridized carbons (Fsp3) is 0.333. The number of anilines is 1. The number of nitrogens with zero attached hydrogens (tertiary/aromatic N) is 3. The number of terminal acetylenes is 1. The molecule has 1 aliphatic rings. The van der Waals surface area contributed by atoms with Gasteiger partial charge in [0.15, 0.2) is 0 Å². The SMILES string of the molecule is C#C.Cc1ccc([C-]=O)cc1N(C)CCN1CCC(c2cccc(OCc3ccc(Cl)cc3)n2)CC1.[U]. The zero-order valence-electron chi connectivity index (χ0n) is 21.5. The van der Waals surface area contributed by atoms with E-state index >= 15 is 0 Å². The van der Waals surface area contributed by atoms with Crippen LogP contribution < -0.4 is 9.64 Å². The average Bonchev–Trinajstić information content (AvgIpc) is 2.93. The Morgan fingerprint density at radius 1 is 1.11 bits per heavy atom. The molecular weight excluding hydrogens is 708 g/mol. The number of aryl methyl sites for hydroxylation is 1. The molecule has 0 saturated carbocycles. The van der Waals surface area contributed by atoms with Crippen molar-refractivity contribution in [2.24, 2.45) is 0 Å². The van der Waals surface area contributed by atoms with E-state index in [0.717, 1.165) is 61.0 Å². The summed E-state index contributed by atoms with van der Waals surface area (Å²) >= 11 is 5.95. The molecule has 7 heteroatoms. The van der Waals surface area contributed by atoms with Crippen LogP contribution in [0, 0.1) is 50.9 Å². The Kier molecular flexibility index (Phi) is 13.3. The fourth-order valence-electron chi connectivity index (χ4n) is 4.42. The normalized spacial score (nSPS) is 13.5. The van der Waals surface area contributed by atoms with Crippen LogP contribution in [-0.2, 0) is 11.4 Å². The first-order valence-electron chi connectivity index (χ1n) is 12.1. The summed E-state index contributed by atoms with van der Waals surface area (Å²) < 4.78 is 5.92. The fourth-order valence-corrected chi connectivity index (χ4v) is 4.55. The molecule has 4 rings (SSSR count). The number of halogens is 1. The topological polar surface area (TPSA) is 45.7 Å². The second-order valence-electron chi connectivity index (χ2n) is 8.96. The zero-order chi connectivity index (χ0) is 25.9. The molecule has 0 N–H and O–H groups in total. The largest absolute Gasteiger partial charge is 0.473 e. The summed E-state index contributed by atoms with van der Waals surface area (Å²) in [4.78, 5) is 20.5. The molecular formula is C30H33ClN3O2U-. The van der Waals surface area contributed by atoms with Gasteiger partial charge in [0.25, 0.3) is 0 Å². The average molecular weight is 741 g/mol. The molecule has 37 heavy (non-hydrogen) atoms. The molecule has 0 radical (unpaired) electrons. The van der Waals surface area contributed by atoms with E-state index in [1.807, 2.05) is 60.9 Å². The summed E-state index contributed by atoms with van der Waals surface area (Å²) in [6, 6.07) is 19.5. The van der Waals surface area contributed by atoms with Gasteiger partial charge in [-0.05, 0) is 62.3 Å². The summed E-state index contributed by atoms with van der Waals surface area (Å²) in [7, 11) is 2.09. The van der Waals surface area contributed by atoms with Crippen molar-refractivity contribution < 1.29 is 40.6 Å². The predicted molar refractivity (Wildman–Crippen MR) is 148 cm³/mol. The smallest absolute Gasteiger partial charge is 0.213 e. The minimum atomic E-state index is 0. The monoisotopic (exact) mass is 740 g/mol. The number of likely N-dealkylation sites (N-methyl/N-ethyl adjacent to an activating group) is 1. The van der Waals surface area contributed by atoms with Gasteiger partial charge >= 0.3 is 0 Å². The summed E-state index contributed by atoms with van der Waals surface area (Å²) in [5.74, 6) is 1.12. The summed E-state index contributed by atoms with van der Waals surface area (Å²) in [6.45, 7) is 6.57. The van der Waals surface area contributed by atoms with Crippen LogP contribution in [0.1, 0.15) is 41.1 Å². The Labute approximate surface area is 249 Å². The first kappa shape index (κ1) is 30.9. The number of rotatable bonds is 9. The van der Waals surface area contributed by atoms with Crippen molar-refractivity contribution in [3.8, 4) is 18.7 Å². The molecule has 2 aromatic carbocycles. The second kappa shape index (κ2) is 15.9. The van der Waals surface area contributed by atoms with Crippen LogP contribution in [0.15, 0.2) is 60.7 Å². The number of aromatic nitrogens is 1. The maximum atomic E-state index is 11.0. The minimum absolute atomic E-state index is 0. The summed E-state index contributed by atoms with van der Waals surface area (Å²) in [5, 5.41) is 0.725. The maximum Gasteiger partial charge on any atom is 0.213 e. The van der Waals surface area contributed by atoms with Gasteiger partial charge < -0.3 is 19.3 Å². The van der Waals surface area contributed by atoms with Crippen molar-refractivity contribution in [2.45, 2.75) is 32.3 Å². The Balaban J connectivity index is 0.00000157. The van der Waals surface area contributed by atoms with E-state index in [2.05, 4.69) is 42.7 Å². The number of benzene rings is 2. The third-order valence-electron chi connectivity index (χ3n) is 6.54. The van der Waals surface area contributed by atoms with E-state index < -0.39 is 0 Å². The number of ether oxygens (including phenoxy) is 1. The number of piperidine rings is 1. The van der Waals surface area contributed by atoms with Gasteiger partial charge in [0.2, 0.25) is 5.88 Å². The van der Waals surface area contributed by atoms with Crippen molar-refractivity contribution in [3.63, 3.8) is 0 Å². The molecule has 1 aromatic heterocycles. The molecule has 5 nitrogen and oxygen atoms in total. The molecule has 3 aromatic rings. The van der Waals surface area contributed by atoms with Crippen molar-refractivity contribution >= 4 is 23.6 Å². The van der Waals surface area contributed by atoms with Crippen molar-refractivity contribution in [1.29, 1.82) is 0 Å². The Morgan fingerprint density at radius 2 is 1.81 bits per heavy atom. The third-order valence-corrected chi connectivity index (χ3v) is 6.79.